The van der Waals surface area contributed by atoms with Crippen LogP contribution in [-0.4, -0.2) is 32.6 Å². The molecule has 4 unspecified atom stereocenters. The molecule has 1 aliphatic rings. The lowest BCUT2D eigenvalue weighted by Gasteiger charge is -2.36. The minimum Gasteiger partial charge on any atom is -0.508 e. The Balaban J connectivity index is 2.48. The first kappa shape index (κ1) is 20.3. The van der Waals surface area contributed by atoms with Crippen molar-refractivity contribution in [1.82, 2.24) is 0 Å². The van der Waals surface area contributed by atoms with Gasteiger partial charge in [0.25, 0.3) is 0 Å². The normalized spacial score (nSPS) is 25.8. The molecule has 4 N–H and O–H groups in total. The van der Waals surface area contributed by atoms with Crippen molar-refractivity contribution >= 4 is 0 Å². The molecule has 4 atom stereocenters. The van der Waals surface area contributed by atoms with Crippen molar-refractivity contribution in [3.8, 4) is 5.75 Å². The smallest absolute Gasteiger partial charge is 0.118 e. The number of phenols is 1. The second-order valence-electron chi connectivity index (χ2n) is 7.29. The zero-order valence-electron chi connectivity index (χ0n) is 15.8. The van der Waals surface area contributed by atoms with Crippen LogP contribution in [0.1, 0.15) is 50.2 Å². The van der Waals surface area contributed by atoms with E-state index in [1.54, 1.807) is 6.07 Å². The van der Waals surface area contributed by atoms with Gasteiger partial charge in [0.2, 0.25) is 0 Å². The van der Waals surface area contributed by atoms with E-state index in [2.05, 4.69) is 6.58 Å². The number of aliphatic hydroxyl groups is 3. The molecule has 1 aromatic carbocycles. The number of allylic oxidation sites excluding steroid dienone is 4. The Kier molecular flexibility index (Phi) is 6.68. The van der Waals surface area contributed by atoms with Crippen LogP contribution >= 0.6 is 0 Å². The predicted molar refractivity (Wildman–Crippen MR) is 104 cm³/mol. The summed E-state index contributed by atoms with van der Waals surface area (Å²) in [7, 11) is 0. The third-order valence-corrected chi connectivity index (χ3v) is 5.40. The number of rotatable bonds is 5. The average Bonchev–Trinajstić information content (AvgIpc) is 2.60. The van der Waals surface area contributed by atoms with E-state index >= 15 is 0 Å². The molecule has 0 radical (unpaired) electrons. The maximum Gasteiger partial charge on any atom is 0.118 e. The standard InChI is InChI=1S/C22H30O4/c1-5-16(10-13(2)15(4)23)22(17-6-8-19(24)14(3)11-17)18-7-9-20(25)21(26)12-18/h5-6,8,10-11,18,20-26H,4,7,9,12H2,1-3H3/b13-10-,16-5+. The van der Waals surface area contributed by atoms with Gasteiger partial charge in [0.1, 0.15) is 11.5 Å². The highest BCUT2D eigenvalue weighted by Crippen LogP contribution is 2.42. The van der Waals surface area contributed by atoms with Crippen LogP contribution in [0, 0.1) is 12.8 Å². The number of phenolic OH excluding ortho intramolecular Hbond substituents is 1. The summed E-state index contributed by atoms with van der Waals surface area (Å²) in [6, 6.07) is 5.57. The van der Waals surface area contributed by atoms with Crippen molar-refractivity contribution in [1.29, 1.82) is 0 Å². The molecule has 142 valence electrons. The van der Waals surface area contributed by atoms with Gasteiger partial charge in [-0.05, 0) is 74.3 Å². The Morgan fingerprint density at radius 1 is 1.23 bits per heavy atom. The van der Waals surface area contributed by atoms with Gasteiger partial charge >= 0.3 is 0 Å². The number of aromatic hydroxyl groups is 1. The highest BCUT2D eigenvalue weighted by atomic mass is 16.3. The van der Waals surface area contributed by atoms with Crippen LogP contribution in [0.3, 0.4) is 0 Å². The fourth-order valence-electron chi connectivity index (χ4n) is 3.76. The molecular weight excluding hydrogens is 328 g/mol. The van der Waals surface area contributed by atoms with Crippen LogP contribution in [0.15, 0.2) is 53.8 Å². The Hall–Kier alpha value is -2.04. The summed E-state index contributed by atoms with van der Waals surface area (Å²) in [6.45, 7) is 9.21. The van der Waals surface area contributed by atoms with Crippen LogP contribution in [-0.2, 0) is 0 Å². The highest BCUT2D eigenvalue weighted by Gasteiger charge is 2.34. The van der Waals surface area contributed by atoms with E-state index in [4.69, 9.17) is 0 Å². The molecule has 1 fully saturated rings. The number of hydrogen-bond donors (Lipinski definition) is 4. The van der Waals surface area contributed by atoms with Gasteiger partial charge in [-0.2, -0.15) is 0 Å². The van der Waals surface area contributed by atoms with Gasteiger partial charge in [-0.1, -0.05) is 30.9 Å². The second kappa shape index (κ2) is 8.56. The van der Waals surface area contributed by atoms with Gasteiger partial charge < -0.3 is 20.4 Å². The molecule has 0 amide bonds. The summed E-state index contributed by atoms with van der Waals surface area (Å²) in [5, 5.41) is 39.6. The van der Waals surface area contributed by atoms with Crippen molar-refractivity contribution in [2.24, 2.45) is 5.92 Å². The molecule has 0 spiro atoms. The van der Waals surface area contributed by atoms with Crippen molar-refractivity contribution in [3.05, 3.63) is 65.0 Å². The molecule has 26 heavy (non-hydrogen) atoms. The van der Waals surface area contributed by atoms with Crippen molar-refractivity contribution in [2.75, 3.05) is 0 Å². The van der Waals surface area contributed by atoms with Gasteiger partial charge in [0.05, 0.1) is 12.2 Å². The molecule has 1 saturated carbocycles. The largest absolute Gasteiger partial charge is 0.508 e. The Bertz CT molecular complexity index is 717. The van der Waals surface area contributed by atoms with Crippen LogP contribution < -0.4 is 0 Å². The molecule has 1 aromatic rings. The minimum atomic E-state index is -0.731. The second-order valence-corrected chi connectivity index (χ2v) is 7.29. The van der Waals surface area contributed by atoms with Gasteiger partial charge in [-0.25, -0.2) is 0 Å². The SMILES string of the molecule is C=C(O)/C(C)=C\C(=C/C)C(c1ccc(O)c(C)c1)C1CCC(O)C(O)C1. The maximum atomic E-state index is 10.2. The molecule has 2 rings (SSSR count). The number of benzene rings is 1. The van der Waals surface area contributed by atoms with Gasteiger partial charge in [-0.3, -0.25) is 0 Å². The molecule has 0 aliphatic heterocycles. The lowest BCUT2D eigenvalue weighted by Crippen LogP contribution is -2.36. The monoisotopic (exact) mass is 358 g/mol. The van der Waals surface area contributed by atoms with E-state index in [9.17, 15) is 20.4 Å². The maximum absolute atomic E-state index is 10.2. The predicted octanol–water partition coefficient (Wildman–Crippen LogP) is 4.27. The van der Waals surface area contributed by atoms with Crippen molar-refractivity contribution < 1.29 is 20.4 Å². The van der Waals surface area contributed by atoms with E-state index in [1.165, 1.54) is 0 Å². The average molecular weight is 358 g/mol. The van der Waals surface area contributed by atoms with Crippen LogP contribution in [0.2, 0.25) is 0 Å². The Morgan fingerprint density at radius 3 is 2.46 bits per heavy atom. The van der Waals surface area contributed by atoms with Crippen molar-refractivity contribution in [2.45, 2.75) is 58.2 Å². The molecular formula is C22H30O4. The zero-order chi connectivity index (χ0) is 19.4. The number of aryl methyl sites for hydroxylation is 1. The van der Waals surface area contributed by atoms with E-state index < -0.39 is 12.2 Å². The molecule has 0 bridgehead atoms. The first-order chi connectivity index (χ1) is 12.2. The third kappa shape index (κ3) is 4.57. The lowest BCUT2D eigenvalue weighted by atomic mass is 9.71. The molecule has 4 heteroatoms. The molecule has 0 heterocycles. The van der Waals surface area contributed by atoms with Crippen LogP contribution in [0.5, 0.6) is 5.75 Å². The van der Waals surface area contributed by atoms with Gasteiger partial charge in [0.15, 0.2) is 0 Å². The van der Waals surface area contributed by atoms with Crippen LogP contribution in [0.25, 0.3) is 0 Å². The van der Waals surface area contributed by atoms with E-state index in [0.29, 0.717) is 18.4 Å². The summed E-state index contributed by atoms with van der Waals surface area (Å²) < 4.78 is 0. The molecule has 1 aliphatic carbocycles. The summed E-state index contributed by atoms with van der Waals surface area (Å²) in [4.78, 5) is 0. The molecule has 0 saturated heterocycles. The third-order valence-electron chi connectivity index (χ3n) is 5.40. The fraction of sp³-hybridized carbons (Fsp3) is 0.455. The topological polar surface area (TPSA) is 80.9 Å². The van der Waals surface area contributed by atoms with Crippen LogP contribution in [0.4, 0.5) is 0 Å². The summed E-state index contributed by atoms with van der Waals surface area (Å²) >= 11 is 0. The number of aliphatic hydroxyl groups excluding tert-OH is 3. The first-order valence-electron chi connectivity index (χ1n) is 9.13. The zero-order valence-corrected chi connectivity index (χ0v) is 15.8. The highest BCUT2D eigenvalue weighted by molar-refractivity contribution is 5.44. The van der Waals surface area contributed by atoms with Gasteiger partial charge in [-0.15, -0.1) is 0 Å². The number of hydrogen-bond acceptors (Lipinski definition) is 4. The van der Waals surface area contributed by atoms with E-state index in [1.807, 2.05) is 45.1 Å². The van der Waals surface area contributed by atoms with Gasteiger partial charge in [0, 0.05) is 5.92 Å². The lowest BCUT2D eigenvalue weighted by molar-refractivity contribution is -0.0276. The fourth-order valence-corrected chi connectivity index (χ4v) is 3.76. The Labute approximate surface area is 155 Å². The van der Waals surface area contributed by atoms with Crippen molar-refractivity contribution in [3.63, 3.8) is 0 Å². The van der Waals surface area contributed by atoms with E-state index in [-0.39, 0.29) is 23.3 Å². The molecule has 0 aromatic heterocycles. The first-order valence-corrected chi connectivity index (χ1v) is 9.13. The summed E-state index contributed by atoms with van der Waals surface area (Å²) in [5.74, 6) is 0.434. The quantitative estimate of drug-likeness (QED) is 0.468. The Morgan fingerprint density at radius 2 is 1.92 bits per heavy atom. The summed E-state index contributed by atoms with van der Waals surface area (Å²) in [5.41, 5.74) is 3.56. The minimum absolute atomic E-state index is 0.00394. The summed E-state index contributed by atoms with van der Waals surface area (Å²) in [6.07, 6.45) is 4.40. The van der Waals surface area contributed by atoms with E-state index in [0.717, 1.165) is 23.1 Å². The molecule has 4 nitrogen and oxygen atoms in total.